The highest BCUT2D eigenvalue weighted by Crippen LogP contribution is 2.20. The predicted molar refractivity (Wildman–Crippen MR) is 71.3 cm³/mol. The van der Waals surface area contributed by atoms with Gasteiger partial charge < -0.3 is 0 Å². The van der Waals surface area contributed by atoms with Crippen molar-refractivity contribution in [2.24, 2.45) is 0 Å². The van der Waals surface area contributed by atoms with Gasteiger partial charge in [0.2, 0.25) is 0 Å². The Labute approximate surface area is 110 Å². The molecule has 0 saturated carbocycles. The van der Waals surface area contributed by atoms with Crippen LogP contribution in [0.4, 0.5) is 0 Å². The van der Waals surface area contributed by atoms with Crippen LogP contribution in [0.5, 0.6) is 0 Å². The van der Waals surface area contributed by atoms with Crippen LogP contribution in [0.3, 0.4) is 0 Å². The van der Waals surface area contributed by atoms with Gasteiger partial charge in [-0.3, -0.25) is 0 Å². The van der Waals surface area contributed by atoms with Crippen LogP contribution in [-0.4, -0.2) is 22.8 Å². The third-order valence-electron chi connectivity index (χ3n) is 2.92. The van der Waals surface area contributed by atoms with Crippen molar-refractivity contribution in [1.29, 1.82) is 0 Å². The van der Waals surface area contributed by atoms with Crippen molar-refractivity contribution in [2.75, 3.05) is 0 Å². The largest absolute Gasteiger partial charge is 0.284 e. The van der Waals surface area contributed by atoms with E-state index in [1.807, 2.05) is 13.0 Å². The number of hydrogen-bond donors (Lipinski definition) is 0. The first kappa shape index (κ1) is 11.9. The van der Waals surface area contributed by atoms with Gasteiger partial charge in [-0.15, -0.1) is 9.19 Å². The van der Waals surface area contributed by atoms with E-state index in [9.17, 15) is 8.42 Å². The van der Waals surface area contributed by atoms with Gasteiger partial charge in [0.05, 0.1) is 4.90 Å². The Morgan fingerprint density at radius 1 is 1.00 bits per heavy atom. The van der Waals surface area contributed by atoms with Crippen molar-refractivity contribution in [3.8, 4) is 0 Å². The summed E-state index contributed by atoms with van der Waals surface area (Å²) in [6.07, 6.45) is 0. The topological polar surface area (TPSA) is 64.8 Å². The first-order valence-electron chi connectivity index (χ1n) is 5.72. The van der Waals surface area contributed by atoms with Gasteiger partial charge in [-0.25, -0.2) is 0 Å². The molecule has 1 aromatic heterocycles. The van der Waals surface area contributed by atoms with E-state index in [4.69, 9.17) is 0 Å². The summed E-state index contributed by atoms with van der Waals surface area (Å²) in [7, 11) is -3.70. The second-order valence-electron chi connectivity index (χ2n) is 4.19. The van der Waals surface area contributed by atoms with Gasteiger partial charge in [0.1, 0.15) is 11.0 Å². The van der Waals surface area contributed by atoms with Gasteiger partial charge in [-0.05, 0) is 30.7 Å². The van der Waals surface area contributed by atoms with E-state index < -0.39 is 10.0 Å². The predicted octanol–water partition coefficient (Wildman–Crippen LogP) is 1.98. The van der Waals surface area contributed by atoms with Crippen LogP contribution in [0.15, 0.2) is 53.4 Å². The van der Waals surface area contributed by atoms with Gasteiger partial charge in [0.25, 0.3) is 10.0 Å². The number of hydrogen-bond acceptors (Lipinski definition) is 4. The summed E-state index contributed by atoms with van der Waals surface area (Å²) in [5.74, 6) is 0. The molecule has 96 valence electrons. The van der Waals surface area contributed by atoms with Crippen LogP contribution in [0, 0.1) is 6.92 Å². The van der Waals surface area contributed by atoms with Crippen LogP contribution >= 0.6 is 0 Å². The second-order valence-corrected chi connectivity index (χ2v) is 5.96. The molecular weight excluding hydrogens is 262 g/mol. The minimum Gasteiger partial charge on any atom is -0.199 e. The molecule has 0 aliphatic carbocycles. The zero-order valence-electron chi connectivity index (χ0n) is 10.2. The van der Waals surface area contributed by atoms with Gasteiger partial charge in [-0.2, -0.15) is 8.42 Å². The fourth-order valence-corrected chi connectivity index (χ4v) is 3.17. The van der Waals surface area contributed by atoms with Crippen molar-refractivity contribution in [3.63, 3.8) is 0 Å². The maximum Gasteiger partial charge on any atom is 0.284 e. The highest BCUT2D eigenvalue weighted by molar-refractivity contribution is 7.90. The maximum atomic E-state index is 12.5. The molecule has 0 spiro atoms. The average Bonchev–Trinajstić information content (AvgIpc) is 2.86. The number of rotatable bonds is 2. The monoisotopic (exact) mass is 273 g/mol. The quantitative estimate of drug-likeness (QED) is 0.716. The maximum absolute atomic E-state index is 12.5. The summed E-state index contributed by atoms with van der Waals surface area (Å²) in [5, 5.41) is 7.73. The Balaban J connectivity index is 2.29. The molecule has 0 aliphatic heterocycles. The van der Waals surface area contributed by atoms with E-state index in [0.717, 1.165) is 9.65 Å². The Bertz CT molecular complexity index is 839. The summed E-state index contributed by atoms with van der Waals surface area (Å²) in [6, 6.07) is 13.6. The lowest BCUT2D eigenvalue weighted by molar-refractivity contribution is 0.579. The number of aryl methyl sites for hydroxylation is 1. The van der Waals surface area contributed by atoms with E-state index in [1.54, 1.807) is 42.5 Å². The lowest BCUT2D eigenvalue weighted by Crippen LogP contribution is -2.14. The summed E-state index contributed by atoms with van der Waals surface area (Å²) < 4.78 is 25.9. The third-order valence-corrected chi connectivity index (χ3v) is 4.51. The molecule has 3 rings (SSSR count). The lowest BCUT2D eigenvalue weighted by Gasteiger charge is -2.04. The smallest absolute Gasteiger partial charge is 0.199 e. The van der Waals surface area contributed by atoms with Gasteiger partial charge in [-0.1, -0.05) is 35.5 Å². The molecule has 0 radical (unpaired) electrons. The van der Waals surface area contributed by atoms with E-state index in [2.05, 4.69) is 10.3 Å². The van der Waals surface area contributed by atoms with E-state index in [0.29, 0.717) is 11.0 Å². The highest BCUT2D eigenvalue weighted by atomic mass is 32.2. The summed E-state index contributed by atoms with van der Waals surface area (Å²) >= 11 is 0. The fraction of sp³-hybridized carbons (Fsp3) is 0.0769. The molecule has 0 N–H and O–H groups in total. The molecule has 0 aliphatic rings. The normalized spacial score (nSPS) is 11.8. The van der Waals surface area contributed by atoms with Crippen LogP contribution in [0.2, 0.25) is 0 Å². The van der Waals surface area contributed by atoms with Crippen molar-refractivity contribution in [1.82, 2.24) is 14.4 Å². The van der Waals surface area contributed by atoms with Crippen LogP contribution in [0.25, 0.3) is 11.0 Å². The number of fused-ring (bicyclic) bond motifs is 1. The van der Waals surface area contributed by atoms with Crippen LogP contribution < -0.4 is 0 Å². The van der Waals surface area contributed by atoms with Gasteiger partial charge >= 0.3 is 0 Å². The van der Waals surface area contributed by atoms with Crippen molar-refractivity contribution in [2.45, 2.75) is 11.8 Å². The molecule has 0 saturated heterocycles. The molecule has 0 atom stereocenters. The number of aromatic nitrogens is 3. The van der Waals surface area contributed by atoms with E-state index >= 15 is 0 Å². The highest BCUT2D eigenvalue weighted by Gasteiger charge is 2.21. The zero-order valence-corrected chi connectivity index (χ0v) is 11.0. The molecule has 1 heterocycles. The average molecular weight is 273 g/mol. The Kier molecular flexibility index (Phi) is 2.60. The molecule has 0 amide bonds. The van der Waals surface area contributed by atoms with Crippen molar-refractivity contribution < 1.29 is 8.42 Å². The van der Waals surface area contributed by atoms with Crippen molar-refractivity contribution >= 4 is 21.1 Å². The van der Waals surface area contributed by atoms with Crippen LogP contribution in [-0.2, 0) is 10.0 Å². The third kappa shape index (κ3) is 1.80. The Morgan fingerprint density at radius 3 is 2.47 bits per heavy atom. The molecule has 3 aromatic rings. The number of nitrogens with zero attached hydrogens (tertiary/aromatic N) is 3. The Hall–Kier alpha value is -2.21. The second kappa shape index (κ2) is 4.17. The molecule has 6 heteroatoms. The first-order valence-corrected chi connectivity index (χ1v) is 7.16. The molecule has 19 heavy (non-hydrogen) atoms. The molecule has 0 unspecified atom stereocenters. The standard InChI is InChI=1S/C13H11N3O2S/c1-10-6-5-9-12-13(10)14-15-16(12)19(17,18)11-7-3-2-4-8-11/h2-9H,1H3. The fourth-order valence-electron chi connectivity index (χ4n) is 1.93. The molecule has 2 aromatic carbocycles. The molecule has 5 nitrogen and oxygen atoms in total. The summed E-state index contributed by atoms with van der Waals surface area (Å²) in [6.45, 7) is 1.87. The summed E-state index contributed by atoms with van der Waals surface area (Å²) in [4.78, 5) is 0.198. The molecule has 0 bridgehead atoms. The Morgan fingerprint density at radius 2 is 1.74 bits per heavy atom. The SMILES string of the molecule is Cc1cccc2c1nnn2S(=O)(=O)c1ccccc1. The van der Waals surface area contributed by atoms with Crippen LogP contribution in [0.1, 0.15) is 5.56 Å². The van der Waals surface area contributed by atoms with Crippen molar-refractivity contribution in [3.05, 3.63) is 54.1 Å². The lowest BCUT2D eigenvalue weighted by atomic mass is 10.2. The minimum absolute atomic E-state index is 0.198. The first-order chi connectivity index (χ1) is 9.10. The summed E-state index contributed by atoms with van der Waals surface area (Å²) in [5.41, 5.74) is 1.98. The molecule has 0 fully saturated rings. The van der Waals surface area contributed by atoms with E-state index in [1.165, 1.54) is 0 Å². The number of benzene rings is 2. The minimum atomic E-state index is -3.70. The van der Waals surface area contributed by atoms with E-state index in [-0.39, 0.29) is 4.90 Å². The van der Waals surface area contributed by atoms with Gasteiger partial charge in [0, 0.05) is 0 Å². The zero-order chi connectivity index (χ0) is 13.5. The molecular formula is C13H11N3O2S. The van der Waals surface area contributed by atoms with Gasteiger partial charge in [0.15, 0.2) is 0 Å².